The van der Waals surface area contributed by atoms with Gasteiger partial charge in [0, 0.05) is 6.04 Å². The van der Waals surface area contributed by atoms with Crippen molar-refractivity contribution in [3.05, 3.63) is 35.1 Å². The highest BCUT2D eigenvalue weighted by atomic mass is 32.2. The van der Waals surface area contributed by atoms with Crippen LogP contribution in [0.3, 0.4) is 0 Å². The number of hydrogen-bond donors (Lipinski definition) is 3. The average Bonchev–Trinajstić information content (AvgIpc) is 2.97. The number of rotatable bonds is 5. The van der Waals surface area contributed by atoms with Gasteiger partial charge in [0.2, 0.25) is 18.2 Å². The molecule has 0 bridgehead atoms. The van der Waals surface area contributed by atoms with E-state index in [1.807, 2.05) is 16.7 Å². The first-order valence-electron chi connectivity index (χ1n) is 12.4. The van der Waals surface area contributed by atoms with Crippen molar-refractivity contribution in [2.24, 2.45) is 5.41 Å². The standard InChI is InChI=1S/C14H25N3O2S.C11H12FNO.C2H2/c1-9-14(2,3)7-12-17(9)13(19)10(5-6-20-12)16-11(18)8-15-4;12-9-4-5-10-8(6-9)2-1-3-11(10)13-7-14;1-2/h9-10,12,15H,5-8H2,1-4H3,(H,16,18);4-7,11H,1-3H2,(H,13,14);1-2H. The molecule has 3 aliphatic rings. The Kier molecular flexibility index (Phi) is 11.3. The third-order valence-corrected chi connectivity index (χ3v) is 8.44. The first-order chi connectivity index (χ1) is 17.2. The van der Waals surface area contributed by atoms with Crippen molar-refractivity contribution in [3.63, 3.8) is 0 Å². The van der Waals surface area contributed by atoms with E-state index in [-0.39, 0.29) is 53.1 Å². The molecule has 0 aromatic heterocycles. The Morgan fingerprint density at radius 2 is 2.00 bits per heavy atom. The number of nitrogens with one attached hydrogen (secondary N) is 3. The lowest BCUT2D eigenvalue weighted by Gasteiger charge is -2.32. The average molecular weight is 519 g/mol. The van der Waals surface area contributed by atoms with Gasteiger partial charge in [0.15, 0.2) is 0 Å². The maximum absolute atomic E-state index is 12.9. The van der Waals surface area contributed by atoms with Crippen molar-refractivity contribution < 1.29 is 18.8 Å². The van der Waals surface area contributed by atoms with Gasteiger partial charge < -0.3 is 20.9 Å². The summed E-state index contributed by atoms with van der Waals surface area (Å²) in [5, 5.41) is 8.70. The number of aryl methyl sites for hydroxylation is 1. The van der Waals surface area contributed by atoms with Gasteiger partial charge in [-0.25, -0.2) is 4.39 Å². The molecular weight excluding hydrogens is 479 g/mol. The molecule has 1 aliphatic carbocycles. The molecule has 4 rings (SSSR count). The Morgan fingerprint density at radius 1 is 1.28 bits per heavy atom. The van der Waals surface area contributed by atoms with Crippen LogP contribution in [0.25, 0.3) is 0 Å². The van der Waals surface area contributed by atoms with Gasteiger partial charge in [0.25, 0.3) is 0 Å². The first kappa shape index (κ1) is 29.7. The van der Waals surface area contributed by atoms with Gasteiger partial charge in [0.1, 0.15) is 11.9 Å². The second kappa shape index (κ2) is 13.7. The van der Waals surface area contributed by atoms with Crippen LogP contribution in [0.4, 0.5) is 4.39 Å². The van der Waals surface area contributed by atoms with Crippen LogP contribution >= 0.6 is 11.8 Å². The minimum Gasteiger partial charge on any atom is -0.352 e. The number of carbonyl (C=O) groups excluding carboxylic acids is 3. The van der Waals surface area contributed by atoms with Crippen LogP contribution in [0.15, 0.2) is 18.2 Å². The van der Waals surface area contributed by atoms with Gasteiger partial charge in [-0.2, -0.15) is 0 Å². The molecule has 2 heterocycles. The number of terminal acetylenes is 1. The highest BCUT2D eigenvalue weighted by Crippen LogP contribution is 2.45. The van der Waals surface area contributed by atoms with Crippen molar-refractivity contribution in [2.45, 2.75) is 76.4 Å². The van der Waals surface area contributed by atoms with Crippen LogP contribution in [0.1, 0.15) is 63.6 Å². The maximum Gasteiger partial charge on any atom is 0.246 e. The molecule has 3 N–H and O–H groups in total. The number of likely N-dealkylation sites (N-methyl/N-ethyl adjacent to an activating group) is 1. The number of fused-ring (bicyclic) bond motifs is 2. The van der Waals surface area contributed by atoms with E-state index in [9.17, 15) is 18.8 Å². The van der Waals surface area contributed by atoms with Gasteiger partial charge in [-0.15, -0.1) is 24.6 Å². The van der Waals surface area contributed by atoms with E-state index in [4.69, 9.17) is 0 Å². The molecule has 198 valence electrons. The first-order valence-corrected chi connectivity index (χ1v) is 13.4. The summed E-state index contributed by atoms with van der Waals surface area (Å²) < 4.78 is 12.9. The Labute approximate surface area is 218 Å². The minimum absolute atomic E-state index is 0.0665. The van der Waals surface area contributed by atoms with Gasteiger partial charge in [-0.3, -0.25) is 14.4 Å². The van der Waals surface area contributed by atoms with Gasteiger partial charge in [0.05, 0.1) is 18.0 Å². The zero-order valence-corrected chi connectivity index (χ0v) is 22.5. The molecule has 1 aromatic rings. The quantitative estimate of drug-likeness (QED) is 0.412. The largest absolute Gasteiger partial charge is 0.352 e. The lowest BCUT2D eigenvalue weighted by atomic mass is 9.86. The van der Waals surface area contributed by atoms with E-state index in [0.717, 1.165) is 49.0 Å². The lowest BCUT2D eigenvalue weighted by Crippen LogP contribution is -2.52. The van der Waals surface area contributed by atoms with Crippen molar-refractivity contribution >= 4 is 30.0 Å². The summed E-state index contributed by atoms with van der Waals surface area (Å²) in [4.78, 5) is 36.8. The maximum atomic E-state index is 12.9. The summed E-state index contributed by atoms with van der Waals surface area (Å²) in [6.07, 6.45) is 13.3. The van der Waals surface area contributed by atoms with Crippen LogP contribution in [0.2, 0.25) is 0 Å². The molecule has 3 amide bonds. The molecule has 7 nitrogen and oxygen atoms in total. The fraction of sp³-hybridized carbons (Fsp3) is 0.593. The molecular formula is C27H39FN4O3S. The summed E-state index contributed by atoms with van der Waals surface area (Å²) in [6, 6.07) is 4.69. The second-order valence-electron chi connectivity index (χ2n) is 9.95. The van der Waals surface area contributed by atoms with Crippen molar-refractivity contribution in [1.82, 2.24) is 20.9 Å². The predicted octanol–water partition coefficient (Wildman–Crippen LogP) is 3.00. The summed E-state index contributed by atoms with van der Waals surface area (Å²) in [5.41, 5.74) is 2.23. The number of nitrogens with zero attached hydrogens (tertiary/aromatic N) is 1. The highest BCUT2D eigenvalue weighted by molar-refractivity contribution is 7.99. The molecule has 36 heavy (non-hydrogen) atoms. The molecule has 4 atom stereocenters. The number of amides is 3. The second-order valence-corrected chi connectivity index (χ2v) is 11.2. The van der Waals surface area contributed by atoms with Crippen LogP contribution in [0.5, 0.6) is 0 Å². The van der Waals surface area contributed by atoms with Gasteiger partial charge in [-0.1, -0.05) is 19.9 Å². The number of carbonyl (C=O) groups is 3. The molecule has 2 fully saturated rings. The number of halogens is 1. The molecule has 0 radical (unpaired) electrons. The number of hydrogen-bond acceptors (Lipinski definition) is 5. The summed E-state index contributed by atoms with van der Waals surface area (Å²) >= 11 is 1.85. The Morgan fingerprint density at radius 3 is 2.67 bits per heavy atom. The monoisotopic (exact) mass is 518 g/mol. The van der Waals surface area contributed by atoms with Gasteiger partial charge in [-0.05, 0) is 80.5 Å². The smallest absolute Gasteiger partial charge is 0.246 e. The Balaban J connectivity index is 0.000000250. The fourth-order valence-corrected chi connectivity index (χ4v) is 6.66. The summed E-state index contributed by atoms with van der Waals surface area (Å²) in [6.45, 7) is 6.81. The Bertz CT molecular complexity index is 939. The van der Waals surface area contributed by atoms with Crippen LogP contribution in [-0.4, -0.2) is 59.9 Å². The van der Waals surface area contributed by atoms with Crippen LogP contribution in [-0.2, 0) is 20.8 Å². The Hall–Kier alpha value is -2.57. The van der Waals surface area contributed by atoms with Crippen LogP contribution in [0, 0.1) is 24.1 Å². The van der Waals surface area contributed by atoms with E-state index < -0.39 is 0 Å². The summed E-state index contributed by atoms with van der Waals surface area (Å²) in [7, 11) is 1.73. The summed E-state index contributed by atoms with van der Waals surface area (Å²) in [5.74, 6) is 0.693. The lowest BCUT2D eigenvalue weighted by molar-refractivity contribution is -0.137. The zero-order valence-electron chi connectivity index (χ0n) is 21.7. The van der Waals surface area contributed by atoms with Gasteiger partial charge >= 0.3 is 0 Å². The highest BCUT2D eigenvalue weighted by Gasteiger charge is 2.49. The third kappa shape index (κ3) is 7.23. The molecule has 2 aliphatic heterocycles. The van der Waals surface area contributed by atoms with E-state index >= 15 is 0 Å². The van der Waals surface area contributed by atoms with E-state index in [0.29, 0.717) is 6.41 Å². The zero-order chi connectivity index (χ0) is 26.9. The normalized spacial score (nSPS) is 26.0. The molecule has 0 spiro atoms. The molecule has 0 saturated carbocycles. The molecule has 2 saturated heterocycles. The van der Waals surface area contributed by atoms with Crippen molar-refractivity contribution in [3.8, 4) is 12.8 Å². The SMILES string of the molecule is C#C.CNCC(=O)NC1CCSC2CC(C)(C)C(C)N2C1=O.O=CNC1CCCc2cc(F)ccc21. The fourth-order valence-electron chi connectivity index (χ4n) is 5.02. The van der Waals surface area contributed by atoms with Crippen molar-refractivity contribution in [2.75, 3.05) is 19.3 Å². The van der Waals surface area contributed by atoms with Crippen molar-refractivity contribution in [1.29, 1.82) is 0 Å². The van der Waals surface area contributed by atoms with E-state index in [2.05, 4.69) is 49.6 Å². The van der Waals surface area contributed by atoms with E-state index in [1.54, 1.807) is 19.2 Å². The minimum atomic E-state index is -0.371. The molecule has 1 aromatic carbocycles. The molecule has 9 heteroatoms. The number of thioether (sulfide) groups is 1. The predicted molar refractivity (Wildman–Crippen MR) is 143 cm³/mol. The third-order valence-electron chi connectivity index (χ3n) is 7.19. The topological polar surface area (TPSA) is 90.5 Å². The molecule has 4 unspecified atom stereocenters. The van der Waals surface area contributed by atoms with Crippen LogP contribution < -0.4 is 16.0 Å². The number of benzene rings is 1. The van der Waals surface area contributed by atoms with E-state index in [1.165, 1.54) is 6.07 Å².